The molecule has 2 heterocycles. The van der Waals surface area contributed by atoms with E-state index in [0.29, 0.717) is 38.7 Å². The molecule has 0 saturated heterocycles. The van der Waals surface area contributed by atoms with Crippen molar-refractivity contribution in [2.24, 2.45) is 4.99 Å². The predicted molar refractivity (Wildman–Crippen MR) is 180 cm³/mol. The Hall–Kier alpha value is -4.23. The monoisotopic (exact) mass is 738 g/mol. The lowest BCUT2D eigenvalue weighted by Gasteiger charge is -2.24. The fourth-order valence-corrected chi connectivity index (χ4v) is 6.81. The summed E-state index contributed by atoms with van der Waals surface area (Å²) in [6.45, 7) is 8.19. The van der Waals surface area contributed by atoms with Gasteiger partial charge >= 0.3 is 11.9 Å². The summed E-state index contributed by atoms with van der Waals surface area (Å²) in [5.74, 6) is -0.419. The van der Waals surface area contributed by atoms with Crippen molar-refractivity contribution in [3.05, 3.63) is 123 Å². The number of benzene rings is 3. The number of carbonyl (C=O) groups excluding carboxylic acids is 1. The van der Waals surface area contributed by atoms with Crippen molar-refractivity contribution >= 4 is 51.9 Å². The van der Waals surface area contributed by atoms with E-state index in [4.69, 9.17) is 19.3 Å². The quantitative estimate of drug-likeness (QED) is 0.172. The minimum atomic E-state index is -0.987. The highest BCUT2D eigenvalue weighted by molar-refractivity contribution is 14.1. The van der Waals surface area contributed by atoms with E-state index < -0.39 is 18.0 Å². The Morgan fingerprint density at radius 2 is 1.73 bits per heavy atom. The van der Waals surface area contributed by atoms with Crippen LogP contribution in [0.2, 0.25) is 0 Å². The van der Waals surface area contributed by atoms with E-state index in [2.05, 4.69) is 27.6 Å². The largest absolute Gasteiger partial charge is 0.490 e. The van der Waals surface area contributed by atoms with Crippen LogP contribution in [0.5, 0.6) is 11.5 Å². The van der Waals surface area contributed by atoms with Crippen LogP contribution in [-0.2, 0) is 16.1 Å². The number of carboxylic acid groups (broad SMARTS) is 1. The van der Waals surface area contributed by atoms with Crippen molar-refractivity contribution in [1.82, 2.24) is 4.57 Å². The van der Waals surface area contributed by atoms with Crippen molar-refractivity contribution in [2.45, 2.75) is 40.3 Å². The van der Waals surface area contributed by atoms with Gasteiger partial charge in [0.1, 0.15) is 6.61 Å². The lowest BCUT2D eigenvalue weighted by atomic mass is 9.95. The molecule has 232 valence electrons. The summed E-state index contributed by atoms with van der Waals surface area (Å²) in [5, 5.41) is 9.15. The molecule has 3 aromatic carbocycles. The number of carbonyl (C=O) groups is 2. The number of fused-ring (bicyclic) bond motifs is 1. The van der Waals surface area contributed by atoms with Gasteiger partial charge in [0.2, 0.25) is 0 Å². The van der Waals surface area contributed by atoms with Crippen LogP contribution in [0, 0.1) is 10.5 Å². The molecule has 1 aliphatic heterocycles. The van der Waals surface area contributed by atoms with E-state index in [1.165, 1.54) is 23.5 Å². The van der Waals surface area contributed by atoms with Gasteiger partial charge in [-0.3, -0.25) is 9.36 Å². The average molecular weight is 739 g/mol. The Morgan fingerprint density at radius 3 is 2.38 bits per heavy atom. The van der Waals surface area contributed by atoms with Gasteiger partial charge in [0.25, 0.3) is 5.56 Å². The van der Waals surface area contributed by atoms with Crippen LogP contribution in [0.15, 0.2) is 81.7 Å². The van der Waals surface area contributed by atoms with Gasteiger partial charge < -0.3 is 19.3 Å². The molecule has 0 saturated carbocycles. The molecule has 1 aliphatic rings. The Morgan fingerprint density at radius 1 is 1.02 bits per heavy atom. The number of aromatic nitrogens is 1. The highest BCUT2D eigenvalue weighted by Gasteiger charge is 2.33. The maximum Gasteiger partial charge on any atom is 0.338 e. The highest BCUT2D eigenvalue weighted by Crippen LogP contribution is 2.35. The molecular formula is C34H31IN2O7S. The summed E-state index contributed by atoms with van der Waals surface area (Å²) in [5.41, 5.74) is 4.19. The third-order valence-corrected chi connectivity index (χ3v) is 8.91. The maximum absolute atomic E-state index is 14.0. The van der Waals surface area contributed by atoms with Crippen LogP contribution in [0.1, 0.15) is 59.4 Å². The number of nitrogens with zero attached hydrogens (tertiary/aromatic N) is 2. The van der Waals surface area contributed by atoms with Crippen LogP contribution in [0.4, 0.5) is 0 Å². The molecule has 0 amide bonds. The fourth-order valence-electron chi connectivity index (χ4n) is 4.98. The smallest absolute Gasteiger partial charge is 0.338 e. The molecule has 0 unspecified atom stereocenters. The zero-order chi connectivity index (χ0) is 32.2. The molecule has 1 N–H and O–H groups in total. The number of aromatic carboxylic acids is 1. The first-order valence-corrected chi connectivity index (χ1v) is 16.2. The normalized spacial score (nSPS) is 14.5. The summed E-state index contributed by atoms with van der Waals surface area (Å²) < 4.78 is 20.2. The molecule has 0 spiro atoms. The number of thiazole rings is 1. The van der Waals surface area contributed by atoms with E-state index in [1.807, 2.05) is 50.2 Å². The third kappa shape index (κ3) is 6.89. The molecule has 1 aromatic heterocycles. The zero-order valence-electron chi connectivity index (χ0n) is 25.1. The standard InChI is InChI=1S/C34H31IN2O7S/c1-5-42-26-16-22(15-25(35)30(26)44-18-21-9-13-24(14-10-21)32(39)40)17-27-31(38)37-29(23-11-7-19(3)8-12-23)28(33(41)43-6-2)20(4)36-34(37)45-27/h7-17,29H,5-6,18H2,1-4H3,(H,39,40)/b27-17+/t29-/m1/s1. The molecule has 4 aromatic rings. The highest BCUT2D eigenvalue weighted by atomic mass is 127. The lowest BCUT2D eigenvalue weighted by molar-refractivity contribution is -0.139. The van der Waals surface area contributed by atoms with E-state index >= 15 is 0 Å². The second kappa shape index (κ2) is 13.8. The Balaban J connectivity index is 1.54. The number of halogens is 1. The molecule has 5 rings (SSSR count). The van der Waals surface area contributed by atoms with Gasteiger partial charge in [-0.25, -0.2) is 14.6 Å². The minimum absolute atomic E-state index is 0.204. The number of ether oxygens (including phenoxy) is 3. The van der Waals surface area contributed by atoms with Gasteiger partial charge in [0.15, 0.2) is 16.3 Å². The maximum atomic E-state index is 14.0. The number of hydrogen-bond donors (Lipinski definition) is 1. The molecule has 0 radical (unpaired) electrons. The number of rotatable bonds is 10. The Kier molecular flexibility index (Phi) is 9.88. The molecule has 9 nitrogen and oxygen atoms in total. The van der Waals surface area contributed by atoms with Gasteiger partial charge in [-0.15, -0.1) is 0 Å². The average Bonchev–Trinajstić information content (AvgIpc) is 3.30. The fraction of sp³-hybridized carbons (Fsp3) is 0.235. The van der Waals surface area contributed by atoms with Crippen molar-refractivity contribution < 1.29 is 28.9 Å². The SMILES string of the molecule is CCOC(=O)C1=C(C)N=c2s/c(=C/c3cc(I)c(OCc4ccc(C(=O)O)cc4)c(OCC)c3)c(=O)n2[C@@H]1c1ccc(C)cc1. The van der Waals surface area contributed by atoms with E-state index in [-0.39, 0.29) is 24.3 Å². The minimum Gasteiger partial charge on any atom is -0.490 e. The summed E-state index contributed by atoms with van der Waals surface area (Å²) in [4.78, 5) is 43.4. The molecule has 45 heavy (non-hydrogen) atoms. The number of carboxylic acids is 1. The van der Waals surface area contributed by atoms with Crippen molar-refractivity contribution in [2.75, 3.05) is 13.2 Å². The van der Waals surface area contributed by atoms with E-state index in [0.717, 1.165) is 25.8 Å². The second-order valence-corrected chi connectivity index (χ2v) is 12.4. The van der Waals surface area contributed by atoms with Gasteiger partial charge in [-0.2, -0.15) is 0 Å². The predicted octanol–water partition coefficient (Wildman–Crippen LogP) is 5.39. The zero-order valence-corrected chi connectivity index (χ0v) is 28.1. The van der Waals surface area contributed by atoms with Gasteiger partial charge in [-0.05, 0) is 97.3 Å². The Bertz CT molecular complexity index is 1980. The molecule has 1 atom stereocenters. The van der Waals surface area contributed by atoms with E-state index in [9.17, 15) is 14.4 Å². The number of aryl methyl sites for hydroxylation is 1. The lowest BCUT2D eigenvalue weighted by Crippen LogP contribution is -2.39. The van der Waals surface area contributed by atoms with Gasteiger partial charge in [-0.1, -0.05) is 53.3 Å². The van der Waals surface area contributed by atoms with E-state index in [1.54, 1.807) is 36.6 Å². The molecule has 0 bridgehead atoms. The topological polar surface area (TPSA) is 116 Å². The van der Waals surface area contributed by atoms with Crippen molar-refractivity contribution in [1.29, 1.82) is 0 Å². The first-order chi connectivity index (χ1) is 21.6. The first kappa shape index (κ1) is 32.2. The van der Waals surface area contributed by atoms with Crippen LogP contribution in [0.25, 0.3) is 6.08 Å². The summed E-state index contributed by atoms with van der Waals surface area (Å²) in [6, 6.07) is 17.3. The number of esters is 1. The van der Waals surface area contributed by atoms with Crippen LogP contribution in [0.3, 0.4) is 0 Å². The first-order valence-electron chi connectivity index (χ1n) is 14.3. The Labute approximate surface area is 277 Å². The van der Waals surface area contributed by atoms with Crippen LogP contribution in [-0.4, -0.2) is 34.8 Å². The summed E-state index contributed by atoms with van der Waals surface area (Å²) in [6.07, 6.45) is 1.79. The summed E-state index contributed by atoms with van der Waals surface area (Å²) >= 11 is 3.43. The van der Waals surface area contributed by atoms with Crippen LogP contribution >= 0.6 is 33.9 Å². The van der Waals surface area contributed by atoms with Crippen LogP contribution < -0.4 is 24.4 Å². The molecular weight excluding hydrogens is 707 g/mol. The third-order valence-electron chi connectivity index (χ3n) is 7.12. The molecule has 11 heteroatoms. The number of hydrogen-bond acceptors (Lipinski definition) is 8. The molecule has 0 fully saturated rings. The molecule has 0 aliphatic carbocycles. The number of allylic oxidation sites excluding steroid dienone is 1. The van der Waals surface area contributed by atoms with Gasteiger partial charge in [0.05, 0.1) is 44.2 Å². The van der Waals surface area contributed by atoms with Crippen molar-refractivity contribution in [3.63, 3.8) is 0 Å². The van der Waals surface area contributed by atoms with Gasteiger partial charge in [0, 0.05) is 0 Å². The van der Waals surface area contributed by atoms with Crippen molar-refractivity contribution in [3.8, 4) is 11.5 Å². The summed E-state index contributed by atoms with van der Waals surface area (Å²) in [7, 11) is 0. The second-order valence-electron chi connectivity index (χ2n) is 10.3.